The van der Waals surface area contributed by atoms with E-state index in [2.05, 4.69) is 5.32 Å². The van der Waals surface area contributed by atoms with Crippen LogP contribution >= 0.6 is 0 Å². The molecule has 0 aromatic rings. The summed E-state index contributed by atoms with van der Waals surface area (Å²) in [6.07, 6.45) is 3.90. The summed E-state index contributed by atoms with van der Waals surface area (Å²) in [5.74, 6) is 0.644. The maximum absolute atomic E-state index is 12.6. The second-order valence-electron chi connectivity index (χ2n) is 6.58. The first-order chi connectivity index (χ1) is 9.43. The van der Waals surface area contributed by atoms with Crippen molar-refractivity contribution in [1.82, 2.24) is 15.1 Å². The average Bonchev–Trinajstić information content (AvgIpc) is 2.64. The Morgan fingerprint density at radius 2 is 2.05 bits per heavy atom. The van der Waals surface area contributed by atoms with Crippen LogP contribution in [0.15, 0.2) is 0 Å². The van der Waals surface area contributed by atoms with Gasteiger partial charge in [0.2, 0.25) is 11.8 Å². The maximum atomic E-state index is 12.6. The molecule has 2 saturated heterocycles. The lowest BCUT2D eigenvalue weighted by atomic mass is 9.92. The van der Waals surface area contributed by atoms with Gasteiger partial charge in [-0.1, -0.05) is 0 Å². The minimum Gasteiger partial charge on any atom is -0.342 e. The standard InChI is InChI=1S/C15H27N3O2/c1-15(2)14(20)17(3)9-10-18(15)13(19)11-12-5-4-7-16-8-6-12/h12,16H,4-11H2,1-3H3/t12-/m0/s1. The molecule has 2 rings (SSSR count). The van der Waals surface area contributed by atoms with Gasteiger partial charge in [-0.2, -0.15) is 0 Å². The lowest BCUT2D eigenvalue weighted by Gasteiger charge is -2.45. The molecule has 0 spiro atoms. The number of piperazine rings is 1. The number of rotatable bonds is 2. The average molecular weight is 281 g/mol. The molecular formula is C15H27N3O2. The van der Waals surface area contributed by atoms with Crippen molar-refractivity contribution in [2.75, 3.05) is 33.2 Å². The van der Waals surface area contributed by atoms with Gasteiger partial charge in [0, 0.05) is 26.6 Å². The molecular weight excluding hydrogens is 254 g/mol. The van der Waals surface area contributed by atoms with Crippen molar-refractivity contribution in [3.05, 3.63) is 0 Å². The van der Waals surface area contributed by atoms with E-state index < -0.39 is 5.54 Å². The van der Waals surface area contributed by atoms with Gasteiger partial charge < -0.3 is 15.1 Å². The van der Waals surface area contributed by atoms with Crippen LogP contribution in [0.1, 0.15) is 39.5 Å². The molecule has 0 aromatic carbocycles. The lowest BCUT2D eigenvalue weighted by Crippen LogP contribution is -2.63. The van der Waals surface area contributed by atoms with Gasteiger partial charge in [0.25, 0.3) is 0 Å². The molecule has 0 aliphatic carbocycles. The van der Waals surface area contributed by atoms with E-state index in [0.717, 1.165) is 32.4 Å². The minimum absolute atomic E-state index is 0.0413. The number of carbonyl (C=O) groups excluding carboxylic acids is 2. The van der Waals surface area contributed by atoms with Gasteiger partial charge >= 0.3 is 0 Å². The predicted molar refractivity (Wildman–Crippen MR) is 78.3 cm³/mol. The Hall–Kier alpha value is -1.10. The van der Waals surface area contributed by atoms with E-state index in [-0.39, 0.29) is 11.8 Å². The van der Waals surface area contributed by atoms with Crippen LogP contribution < -0.4 is 5.32 Å². The topological polar surface area (TPSA) is 52.6 Å². The van der Waals surface area contributed by atoms with Gasteiger partial charge in [-0.25, -0.2) is 0 Å². The number of nitrogens with zero attached hydrogens (tertiary/aromatic N) is 2. The molecule has 20 heavy (non-hydrogen) atoms. The quantitative estimate of drug-likeness (QED) is 0.816. The highest BCUT2D eigenvalue weighted by Crippen LogP contribution is 2.25. The van der Waals surface area contributed by atoms with E-state index in [1.165, 1.54) is 0 Å². The van der Waals surface area contributed by atoms with Gasteiger partial charge in [-0.15, -0.1) is 0 Å². The van der Waals surface area contributed by atoms with E-state index in [1.54, 1.807) is 9.80 Å². The zero-order valence-electron chi connectivity index (χ0n) is 12.9. The lowest BCUT2D eigenvalue weighted by molar-refractivity contribution is -0.157. The van der Waals surface area contributed by atoms with Gasteiger partial charge in [0.05, 0.1) is 0 Å². The van der Waals surface area contributed by atoms with Crippen molar-refractivity contribution >= 4 is 11.8 Å². The highest BCUT2D eigenvalue weighted by molar-refractivity contribution is 5.91. The second kappa shape index (κ2) is 6.12. The van der Waals surface area contributed by atoms with Crippen LogP contribution in [0.2, 0.25) is 0 Å². The molecule has 114 valence electrons. The van der Waals surface area contributed by atoms with Crippen molar-refractivity contribution in [3.63, 3.8) is 0 Å². The number of amides is 2. The number of nitrogens with one attached hydrogen (secondary N) is 1. The van der Waals surface area contributed by atoms with Gasteiger partial charge in [-0.05, 0) is 52.1 Å². The Morgan fingerprint density at radius 1 is 1.30 bits per heavy atom. The fourth-order valence-electron chi connectivity index (χ4n) is 3.30. The molecule has 5 heteroatoms. The van der Waals surface area contributed by atoms with E-state index in [0.29, 0.717) is 25.4 Å². The third kappa shape index (κ3) is 3.14. The highest BCUT2D eigenvalue weighted by Gasteiger charge is 2.43. The molecule has 1 N–H and O–H groups in total. The summed E-state index contributed by atoms with van der Waals surface area (Å²) in [6, 6.07) is 0. The Labute approximate surface area is 121 Å². The number of hydrogen-bond acceptors (Lipinski definition) is 3. The summed E-state index contributed by atoms with van der Waals surface area (Å²) in [4.78, 5) is 28.3. The Balaban J connectivity index is 1.99. The molecule has 0 unspecified atom stereocenters. The molecule has 2 fully saturated rings. The first-order valence-electron chi connectivity index (χ1n) is 7.69. The first-order valence-corrected chi connectivity index (χ1v) is 7.69. The van der Waals surface area contributed by atoms with Crippen LogP contribution in [-0.2, 0) is 9.59 Å². The Bertz CT molecular complexity index is 373. The first kappa shape index (κ1) is 15.3. The van der Waals surface area contributed by atoms with Gasteiger partial charge in [0.1, 0.15) is 5.54 Å². The van der Waals surface area contributed by atoms with E-state index in [1.807, 2.05) is 20.9 Å². The third-order valence-corrected chi connectivity index (χ3v) is 4.66. The molecule has 5 nitrogen and oxygen atoms in total. The minimum atomic E-state index is -0.701. The van der Waals surface area contributed by atoms with Crippen molar-refractivity contribution in [3.8, 4) is 0 Å². The van der Waals surface area contributed by atoms with Crippen LogP contribution in [0.4, 0.5) is 0 Å². The van der Waals surface area contributed by atoms with Gasteiger partial charge in [0.15, 0.2) is 0 Å². The SMILES string of the molecule is CN1CCN(C(=O)C[C@H]2CCCNCC2)C(C)(C)C1=O. The van der Waals surface area contributed by atoms with E-state index in [9.17, 15) is 9.59 Å². The summed E-state index contributed by atoms with van der Waals surface area (Å²) < 4.78 is 0. The van der Waals surface area contributed by atoms with Crippen molar-refractivity contribution < 1.29 is 9.59 Å². The molecule has 2 amide bonds. The molecule has 1 atom stereocenters. The van der Waals surface area contributed by atoms with Crippen LogP contribution in [0.25, 0.3) is 0 Å². The van der Waals surface area contributed by atoms with Crippen molar-refractivity contribution in [1.29, 1.82) is 0 Å². The molecule has 0 aromatic heterocycles. The summed E-state index contributed by atoms with van der Waals surface area (Å²) in [5.41, 5.74) is -0.701. The highest BCUT2D eigenvalue weighted by atomic mass is 16.2. The smallest absolute Gasteiger partial charge is 0.247 e. The number of hydrogen-bond donors (Lipinski definition) is 1. The zero-order valence-corrected chi connectivity index (χ0v) is 12.9. The Kier molecular flexibility index (Phi) is 4.68. The summed E-state index contributed by atoms with van der Waals surface area (Å²) in [7, 11) is 1.81. The molecule has 0 saturated carbocycles. The zero-order chi connectivity index (χ0) is 14.8. The maximum Gasteiger partial charge on any atom is 0.247 e. The van der Waals surface area contributed by atoms with E-state index >= 15 is 0 Å². The van der Waals surface area contributed by atoms with Crippen LogP contribution in [0.5, 0.6) is 0 Å². The van der Waals surface area contributed by atoms with Crippen LogP contribution in [0, 0.1) is 5.92 Å². The monoisotopic (exact) mass is 281 g/mol. The molecule has 2 aliphatic heterocycles. The normalized spacial score (nSPS) is 27.4. The summed E-state index contributed by atoms with van der Waals surface area (Å²) in [6.45, 7) is 7.07. The largest absolute Gasteiger partial charge is 0.342 e. The third-order valence-electron chi connectivity index (χ3n) is 4.66. The van der Waals surface area contributed by atoms with E-state index in [4.69, 9.17) is 0 Å². The molecule has 2 heterocycles. The fourth-order valence-corrected chi connectivity index (χ4v) is 3.30. The Morgan fingerprint density at radius 3 is 2.80 bits per heavy atom. The molecule has 0 radical (unpaired) electrons. The second-order valence-corrected chi connectivity index (χ2v) is 6.58. The molecule has 0 bridgehead atoms. The van der Waals surface area contributed by atoms with Gasteiger partial charge in [-0.3, -0.25) is 9.59 Å². The number of carbonyl (C=O) groups is 2. The molecule has 2 aliphatic rings. The van der Waals surface area contributed by atoms with Crippen molar-refractivity contribution in [2.45, 2.75) is 45.1 Å². The predicted octanol–water partition coefficient (Wildman–Crippen LogP) is 0.845. The van der Waals surface area contributed by atoms with Crippen molar-refractivity contribution in [2.24, 2.45) is 5.92 Å². The van der Waals surface area contributed by atoms with Crippen LogP contribution in [0.3, 0.4) is 0 Å². The number of likely N-dealkylation sites (N-methyl/N-ethyl adjacent to an activating group) is 1. The van der Waals surface area contributed by atoms with Crippen LogP contribution in [-0.4, -0.2) is 60.4 Å². The fraction of sp³-hybridized carbons (Fsp3) is 0.867. The summed E-state index contributed by atoms with van der Waals surface area (Å²) in [5, 5.41) is 3.37. The summed E-state index contributed by atoms with van der Waals surface area (Å²) >= 11 is 0.